The van der Waals surface area contributed by atoms with E-state index in [1.807, 2.05) is 18.2 Å². The Morgan fingerprint density at radius 2 is 1.83 bits per heavy atom. The fraction of sp³-hybridized carbons (Fsp3) is 0.500. The molecule has 1 aliphatic rings. The maximum Gasteiger partial charge on any atom is 0.359 e. The molecule has 6 heteroatoms. The second-order valence-electron chi connectivity index (χ2n) is 6.30. The number of nitrogens with zero attached hydrogens (tertiary/aromatic N) is 1. The quantitative estimate of drug-likeness (QED) is 0.845. The molecule has 1 amide bonds. The van der Waals surface area contributed by atoms with Crippen LogP contribution in [0.15, 0.2) is 24.3 Å². The first kappa shape index (κ1) is 16.5. The third kappa shape index (κ3) is 4.13. The van der Waals surface area contributed by atoms with E-state index in [0.29, 0.717) is 5.39 Å². The molecule has 3 rings (SSSR count). The summed E-state index contributed by atoms with van der Waals surface area (Å²) in [7, 11) is 0. The average Bonchev–Trinajstić information content (AvgIpc) is 2.99. The molecule has 0 bridgehead atoms. The Hall–Kier alpha value is -2.37. The van der Waals surface area contributed by atoms with Crippen LogP contribution >= 0.6 is 0 Å². The zero-order valence-corrected chi connectivity index (χ0v) is 13.7. The molecule has 1 aliphatic carbocycles. The molecular formula is C18H23N3O3. The third-order valence-electron chi connectivity index (χ3n) is 4.47. The van der Waals surface area contributed by atoms with E-state index in [1.54, 1.807) is 6.07 Å². The van der Waals surface area contributed by atoms with Gasteiger partial charge in [0.05, 0.1) is 5.52 Å². The first-order valence-electron chi connectivity index (χ1n) is 8.63. The van der Waals surface area contributed by atoms with Crippen LogP contribution in [-0.4, -0.2) is 34.7 Å². The number of carbonyl (C=O) groups is 2. The Balaban J connectivity index is 1.51. The number of para-hydroxylation sites is 1. The van der Waals surface area contributed by atoms with Crippen LogP contribution in [0, 0.1) is 0 Å². The van der Waals surface area contributed by atoms with Gasteiger partial charge >= 0.3 is 5.97 Å². The monoisotopic (exact) mass is 329 g/mol. The van der Waals surface area contributed by atoms with Gasteiger partial charge in [-0.05, 0) is 18.9 Å². The summed E-state index contributed by atoms with van der Waals surface area (Å²) >= 11 is 0. The maximum atomic E-state index is 12.1. The van der Waals surface area contributed by atoms with Crippen molar-refractivity contribution in [2.24, 2.45) is 0 Å². The Kier molecular flexibility index (Phi) is 5.46. The molecule has 0 aliphatic heterocycles. The summed E-state index contributed by atoms with van der Waals surface area (Å²) in [5.74, 6) is -0.825. The number of amides is 1. The summed E-state index contributed by atoms with van der Waals surface area (Å²) < 4.78 is 5.12. The summed E-state index contributed by atoms with van der Waals surface area (Å²) in [5, 5.41) is 10.4. The van der Waals surface area contributed by atoms with Gasteiger partial charge in [-0.25, -0.2) is 4.79 Å². The van der Waals surface area contributed by atoms with Crippen molar-refractivity contribution in [3.63, 3.8) is 0 Å². The van der Waals surface area contributed by atoms with Gasteiger partial charge in [0.25, 0.3) is 5.91 Å². The first-order valence-corrected chi connectivity index (χ1v) is 8.63. The van der Waals surface area contributed by atoms with Crippen LogP contribution < -0.4 is 5.32 Å². The van der Waals surface area contributed by atoms with Gasteiger partial charge in [-0.1, -0.05) is 50.3 Å². The Morgan fingerprint density at radius 3 is 2.62 bits per heavy atom. The van der Waals surface area contributed by atoms with Crippen LogP contribution in [-0.2, 0) is 9.53 Å². The maximum absolute atomic E-state index is 12.1. The average molecular weight is 329 g/mol. The van der Waals surface area contributed by atoms with Gasteiger partial charge in [0.2, 0.25) is 0 Å². The summed E-state index contributed by atoms with van der Waals surface area (Å²) in [6.45, 7) is -0.267. The van der Waals surface area contributed by atoms with Gasteiger partial charge in [0.1, 0.15) is 0 Å². The lowest BCUT2D eigenvalue weighted by Crippen LogP contribution is -2.38. The number of ether oxygens (including phenoxy) is 1. The van der Waals surface area contributed by atoms with Crippen molar-refractivity contribution in [2.45, 2.75) is 51.0 Å². The number of aromatic nitrogens is 2. The second kappa shape index (κ2) is 7.95. The minimum Gasteiger partial charge on any atom is -0.451 e. The van der Waals surface area contributed by atoms with Crippen LogP contribution in [0.25, 0.3) is 10.9 Å². The number of hydrogen-bond donors (Lipinski definition) is 2. The van der Waals surface area contributed by atoms with E-state index in [0.717, 1.165) is 31.2 Å². The third-order valence-corrected chi connectivity index (χ3v) is 4.47. The molecule has 6 nitrogen and oxygen atoms in total. The molecule has 0 spiro atoms. The highest BCUT2D eigenvalue weighted by molar-refractivity contribution is 6.02. The van der Waals surface area contributed by atoms with Crippen molar-refractivity contribution in [2.75, 3.05) is 6.61 Å². The molecular weight excluding hydrogens is 306 g/mol. The summed E-state index contributed by atoms with van der Waals surface area (Å²) in [5.41, 5.74) is 0.979. The van der Waals surface area contributed by atoms with Gasteiger partial charge in [0, 0.05) is 11.4 Å². The fourth-order valence-electron chi connectivity index (χ4n) is 3.19. The normalized spacial score (nSPS) is 16.3. The van der Waals surface area contributed by atoms with Crippen molar-refractivity contribution in [1.29, 1.82) is 0 Å². The second-order valence-corrected chi connectivity index (χ2v) is 6.30. The molecule has 2 N–H and O–H groups in total. The lowest BCUT2D eigenvalue weighted by Gasteiger charge is -2.20. The Labute approximate surface area is 141 Å². The van der Waals surface area contributed by atoms with E-state index < -0.39 is 5.97 Å². The smallest absolute Gasteiger partial charge is 0.359 e. The van der Waals surface area contributed by atoms with Crippen molar-refractivity contribution >= 4 is 22.8 Å². The number of nitrogens with one attached hydrogen (secondary N) is 2. The zero-order chi connectivity index (χ0) is 16.8. The van der Waals surface area contributed by atoms with Gasteiger partial charge in [0.15, 0.2) is 12.3 Å². The van der Waals surface area contributed by atoms with Crippen LogP contribution in [0.5, 0.6) is 0 Å². The number of fused-ring (bicyclic) bond motifs is 1. The molecule has 24 heavy (non-hydrogen) atoms. The van der Waals surface area contributed by atoms with E-state index >= 15 is 0 Å². The highest BCUT2D eigenvalue weighted by Gasteiger charge is 2.18. The van der Waals surface area contributed by atoms with Crippen molar-refractivity contribution in [3.05, 3.63) is 30.0 Å². The van der Waals surface area contributed by atoms with Gasteiger partial charge in [-0.15, -0.1) is 0 Å². The van der Waals surface area contributed by atoms with E-state index in [-0.39, 0.29) is 24.2 Å². The van der Waals surface area contributed by atoms with Crippen LogP contribution in [0.3, 0.4) is 0 Å². The number of benzene rings is 1. The number of carbonyl (C=O) groups excluding carboxylic acids is 2. The SMILES string of the molecule is O=C(COC(=O)c1n[nH]c2ccccc12)NC1CCCCCCC1. The standard InChI is InChI=1S/C18H23N3O3/c22-16(19-13-8-4-2-1-3-5-9-13)12-24-18(23)17-14-10-6-7-11-15(14)20-21-17/h6-7,10-11,13H,1-5,8-9,12H2,(H,19,22)(H,20,21). The minimum atomic E-state index is -0.583. The molecule has 1 heterocycles. The molecule has 1 aromatic carbocycles. The van der Waals surface area contributed by atoms with E-state index in [1.165, 1.54) is 19.3 Å². The molecule has 0 atom stereocenters. The van der Waals surface area contributed by atoms with Crippen LogP contribution in [0.2, 0.25) is 0 Å². The van der Waals surface area contributed by atoms with Crippen molar-refractivity contribution in [3.8, 4) is 0 Å². The molecule has 2 aromatic rings. The van der Waals surface area contributed by atoms with Gasteiger partial charge in [-0.3, -0.25) is 9.89 Å². The Bertz CT molecular complexity index is 702. The number of aromatic amines is 1. The van der Waals surface area contributed by atoms with Crippen molar-refractivity contribution in [1.82, 2.24) is 15.5 Å². The van der Waals surface area contributed by atoms with Crippen molar-refractivity contribution < 1.29 is 14.3 Å². The topological polar surface area (TPSA) is 84.1 Å². The lowest BCUT2D eigenvalue weighted by atomic mass is 9.97. The van der Waals surface area contributed by atoms with Gasteiger partial charge in [-0.2, -0.15) is 5.10 Å². The number of esters is 1. The number of H-pyrrole nitrogens is 1. The zero-order valence-electron chi connectivity index (χ0n) is 13.7. The molecule has 1 fully saturated rings. The Morgan fingerprint density at radius 1 is 1.12 bits per heavy atom. The molecule has 128 valence electrons. The first-order chi connectivity index (χ1) is 11.7. The van der Waals surface area contributed by atoms with E-state index in [2.05, 4.69) is 15.5 Å². The summed E-state index contributed by atoms with van der Waals surface area (Å²) in [4.78, 5) is 24.2. The lowest BCUT2D eigenvalue weighted by molar-refractivity contribution is -0.125. The predicted molar refractivity (Wildman–Crippen MR) is 90.6 cm³/mol. The van der Waals surface area contributed by atoms with Gasteiger partial charge < -0.3 is 10.1 Å². The largest absolute Gasteiger partial charge is 0.451 e. The molecule has 1 saturated carbocycles. The van der Waals surface area contributed by atoms with E-state index in [4.69, 9.17) is 4.74 Å². The van der Waals surface area contributed by atoms with Crippen LogP contribution in [0.1, 0.15) is 55.4 Å². The number of rotatable bonds is 4. The number of hydrogen-bond acceptors (Lipinski definition) is 4. The van der Waals surface area contributed by atoms with Crippen LogP contribution in [0.4, 0.5) is 0 Å². The molecule has 1 aromatic heterocycles. The molecule has 0 radical (unpaired) electrons. The summed E-state index contributed by atoms with van der Waals surface area (Å²) in [6, 6.07) is 7.51. The highest BCUT2D eigenvalue weighted by atomic mass is 16.5. The summed E-state index contributed by atoms with van der Waals surface area (Å²) in [6.07, 6.45) is 8.04. The molecule has 0 saturated heterocycles. The highest BCUT2D eigenvalue weighted by Crippen LogP contribution is 2.17. The predicted octanol–water partition coefficient (Wildman–Crippen LogP) is 2.95. The fourth-order valence-corrected chi connectivity index (χ4v) is 3.19. The van der Waals surface area contributed by atoms with E-state index in [9.17, 15) is 9.59 Å². The molecule has 0 unspecified atom stereocenters. The minimum absolute atomic E-state index is 0.197.